The van der Waals surface area contributed by atoms with Crippen molar-refractivity contribution >= 4 is 11.8 Å². The molecular weight excluding hydrogens is 252 g/mol. The number of thioether (sulfide) groups is 1. The van der Waals surface area contributed by atoms with E-state index in [9.17, 15) is 5.11 Å². The van der Waals surface area contributed by atoms with Gasteiger partial charge in [0, 0.05) is 9.64 Å². The maximum absolute atomic E-state index is 10.6. The summed E-state index contributed by atoms with van der Waals surface area (Å²) in [5, 5.41) is 10.6. The second-order valence-corrected chi connectivity index (χ2v) is 7.51. The van der Waals surface area contributed by atoms with Crippen molar-refractivity contribution in [1.29, 1.82) is 0 Å². The molecule has 0 aliphatic heterocycles. The van der Waals surface area contributed by atoms with Crippen LogP contribution in [-0.2, 0) is 0 Å². The molecule has 1 fully saturated rings. The van der Waals surface area contributed by atoms with Gasteiger partial charge < -0.3 is 5.11 Å². The minimum absolute atomic E-state index is 0.0291. The van der Waals surface area contributed by atoms with Crippen LogP contribution in [0.5, 0.6) is 0 Å². The molecule has 0 radical (unpaired) electrons. The Bertz CT molecular complexity index is 365. The second kappa shape index (κ2) is 7.35. The van der Waals surface area contributed by atoms with Crippen molar-refractivity contribution in [2.24, 2.45) is 0 Å². The van der Waals surface area contributed by atoms with Gasteiger partial charge in [-0.15, -0.1) is 11.8 Å². The molecule has 0 heterocycles. The summed E-state index contributed by atoms with van der Waals surface area (Å²) in [4.78, 5) is 1.28. The molecule has 2 rings (SSSR count). The van der Waals surface area contributed by atoms with Crippen molar-refractivity contribution in [3.05, 3.63) is 30.3 Å². The van der Waals surface area contributed by atoms with Crippen molar-refractivity contribution < 1.29 is 5.11 Å². The number of hydrogen-bond donors (Lipinski definition) is 1. The first-order valence-corrected chi connectivity index (χ1v) is 8.44. The van der Waals surface area contributed by atoms with Crippen molar-refractivity contribution in [2.45, 2.75) is 74.0 Å². The van der Waals surface area contributed by atoms with E-state index in [0.29, 0.717) is 0 Å². The molecule has 106 valence electrons. The summed E-state index contributed by atoms with van der Waals surface area (Å²) in [5.41, 5.74) is 0. The zero-order valence-corrected chi connectivity index (χ0v) is 12.8. The first kappa shape index (κ1) is 14.9. The average Bonchev–Trinajstić information content (AvgIpc) is 2.42. The molecule has 2 heteroatoms. The molecule has 0 aromatic heterocycles. The first-order chi connectivity index (χ1) is 9.21. The van der Waals surface area contributed by atoms with Gasteiger partial charge in [0.2, 0.25) is 0 Å². The van der Waals surface area contributed by atoms with E-state index in [0.717, 1.165) is 12.8 Å². The Balaban J connectivity index is 2.06. The van der Waals surface area contributed by atoms with E-state index in [1.54, 1.807) is 0 Å². The van der Waals surface area contributed by atoms with Crippen LogP contribution in [0.3, 0.4) is 0 Å². The molecule has 1 nitrogen and oxygen atoms in total. The number of rotatable bonds is 2. The number of aliphatic hydroxyl groups excluding tert-OH is 1. The molecule has 1 aliphatic rings. The van der Waals surface area contributed by atoms with E-state index < -0.39 is 0 Å². The van der Waals surface area contributed by atoms with E-state index >= 15 is 0 Å². The van der Waals surface area contributed by atoms with Gasteiger partial charge in [0.1, 0.15) is 0 Å². The lowest BCUT2D eigenvalue weighted by Gasteiger charge is -2.35. The summed E-state index contributed by atoms with van der Waals surface area (Å²) in [6, 6.07) is 10.5. The molecule has 1 aromatic rings. The fourth-order valence-corrected chi connectivity index (χ4v) is 4.20. The van der Waals surface area contributed by atoms with Crippen LogP contribution >= 0.6 is 11.8 Å². The zero-order valence-electron chi connectivity index (χ0n) is 12.0. The van der Waals surface area contributed by atoms with E-state index in [1.807, 2.05) is 11.8 Å². The van der Waals surface area contributed by atoms with Gasteiger partial charge in [0.05, 0.1) is 6.10 Å². The minimum atomic E-state index is -0.184. The fourth-order valence-electron chi connectivity index (χ4n) is 2.87. The molecule has 2 atom stereocenters. The molecule has 0 spiro atoms. The lowest BCUT2D eigenvalue weighted by molar-refractivity contribution is 0.115. The summed E-state index contributed by atoms with van der Waals surface area (Å²) in [5.74, 6) is 0. The highest BCUT2D eigenvalue weighted by Gasteiger charge is 2.33. The third-order valence-electron chi connectivity index (χ3n) is 4.20. The van der Waals surface area contributed by atoms with E-state index in [4.69, 9.17) is 0 Å². The third kappa shape index (κ3) is 4.54. The van der Waals surface area contributed by atoms with Crippen LogP contribution in [-0.4, -0.2) is 16.0 Å². The molecule has 2 unspecified atom stereocenters. The Morgan fingerprint density at radius 3 is 2.37 bits per heavy atom. The Kier molecular flexibility index (Phi) is 5.77. The maximum atomic E-state index is 10.6. The molecular formula is C17H26OS. The highest BCUT2D eigenvalue weighted by molar-refractivity contribution is 8.00. The largest absolute Gasteiger partial charge is 0.392 e. The number of aliphatic hydroxyl groups is 1. The fraction of sp³-hybridized carbons (Fsp3) is 0.647. The Hall–Kier alpha value is -0.470. The zero-order chi connectivity index (χ0) is 13.6. The monoisotopic (exact) mass is 278 g/mol. The van der Waals surface area contributed by atoms with Crippen molar-refractivity contribution in [2.75, 3.05) is 0 Å². The average molecular weight is 278 g/mol. The highest BCUT2D eigenvalue weighted by Crippen LogP contribution is 2.41. The molecule has 1 aromatic carbocycles. The second-order valence-electron chi connectivity index (χ2n) is 5.90. The van der Waals surface area contributed by atoms with E-state index in [1.165, 1.54) is 43.4 Å². The van der Waals surface area contributed by atoms with E-state index in [-0.39, 0.29) is 10.9 Å². The molecule has 19 heavy (non-hydrogen) atoms. The lowest BCUT2D eigenvalue weighted by Crippen LogP contribution is -2.36. The van der Waals surface area contributed by atoms with Gasteiger partial charge in [-0.05, 0) is 31.9 Å². The van der Waals surface area contributed by atoms with Gasteiger partial charge in [-0.2, -0.15) is 0 Å². The van der Waals surface area contributed by atoms with Crippen LogP contribution in [0.1, 0.15) is 58.3 Å². The normalized spacial score (nSPS) is 29.9. The summed E-state index contributed by atoms with van der Waals surface area (Å²) < 4.78 is -0.0291. The summed E-state index contributed by atoms with van der Waals surface area (Å²) in [6.45, 7) is 2.25. The lowest BCUT2D eigenvalue weighted by atomic mass is 9.90. The summed E-state index contributed by atoms with van der Waals surface area (Å²) in [6.07, 6.45) is 9.61. The quantitative estimate of drug-likeness (QED) is 0.818. The van der Waals surface area contributed by atoms with E-state index in [2.05, 4.69) is 37.3 Å². The molecule has 0 bridgehead atoms. The number of hydrogen-bond acceptors (Lipinski definition) is 2. The highest BCUT2D eigenvalue weighted by atomic mass is 32.2. The smallest absolute Gasteiger partial charge is 0.0687 e. The molecule has 1 saturated carbocycles. The summed E-state index contributed by atoms with van der Waals surface area (Å²) >= 11 is 1.86. The Morgan fingerprint density at radius 1 is 1.00 bits per heavy atom. The topological polar surface area (TPSA) is 20.2 Å². The van der Waals surface area contributed by atoms with Crippen LogP contribution in [0.25, 0.3) is 0 Å². The molecule has 1 N–H and O–H groups in total. The van der Waals surface area contributed by atoms with Crippen molar-refractivity contribution in [1.82, 2.24) is 0 Å². The van der Waals surface area contributed by atoms with Gasteiger partial charge in [-0.1, -0.05) is 56.7 Å². The van der Waals surface area contributed by atoms with Crippen molar-refractivity contribution in [3.63, 3.8) is 0 Å². The van der Waals surface area contributed by atoms with Gasteiger partial charge in [-0.3, -0.25) is 0 Å². The van der Waals surface area contributed by atoms with Crippen LogP contribution in [0, 0.1) is 0 Å². The number of benzene rings is 1. The predicted molar refractivity (Wildman–Crippen MR) is 83.6 cm³/mol. The predicted octanol–water partition coefficient (Wildman–Crippen LogP) is 5.03. The maximum Gasteiger partial charge on any atom is 0.0687 e. The Labute approximate surface area is 121 Å². The van der Waals surface area contributed by atoms with Crippen LogP contribution < -0.4 is 0 Å². The molecule has 1 aliphatic carbocycles. The van der Waals surface area contributed by atoms with Crippen LogP contribution in [0.2, 0.25) is 0 Å². The molecule has 0 amide bonds. The standard InChI is InChI=1S/C17H26OS/c1-17(19-15-11-7-6-8-12-15)14-10-5-3-2-4-9-13-16(17)18/h6-8,11-12,16,18H,2-5,9-10,13-14H2,1H3. The SMILES string of the molecule is CC1(Sc2ccccc2)CCCCCCCCC1O. The molecule has 0 saturated heterocycles. The summed E-state index contributed by atoms with van der Waals surface area (Å²) in [7, 11) is 0. The Morgan fingerprint density at radius 2 is 1.63 bits per heavy atom. The third-order valence-corrected chi connectivity index (χ3v) is 5.65. The van der Waals surface area contributed by atoms with Crippen LogP contribution in [0.4, 0.5) is 0 Å². The van der Waals surface area contributed by atoms with Gasteiger partial charge in [0.15, 0.2) is 0 Å². The van der Waals surface area contributed by atoms with Crippen LogP contribution in [0.15, 0.2) is 35.2 Å². The van der Waals surface area contributed by atoms with Crippen molar-refractivity contribution in [3.8, 4) is 0 Å². The minimum Gasteiger partial charge on any atom is -0.392 e. The first-order valence-electron chi connectivity index (χ1n) is 7.63. The van der Waals surface area contributed by atoms with Gasteiger partial charge in [-0.25, -0.2) is 0 Å². The van der Waals surface area contributed by atoms with Gasteiger partial charge >= 0.3 is 0 Å². The van der Waals surface area contributed by atoms with Gasteiger partial charge in [0.25, 0.3) is 0 Å².